The minimum atomic E-state index is -0.273. The molecule has 0 N–H and O–H groups in total. The van der Waals surface area contributed by atoms with Crippen LogP contribution < -0.4 is 0 Å². The highest BCUT2D eigenvalue weighted by Crippen LogP contribution is 2.29. The molecule has 1 unspecified atom stereocenters. The Morgan fingerprint density at radius 3 is 2.22 bits per heavy atom. The number of hydrogen-bond donors (Lipinski definition) is 0. The van der Waals surface area contributed by atoms with Gasteiger partial charge < -0.3 is 14.2 Å². The van der Waals surface area contributed by atoms with Gasteiger partial charge in [-0.05, 0) is 41.7 Å². The van der Waals surface area contributed by atoms with E-state index in [-0.39, 0.29) is 29.5 Å². The first-order chi connectivity index (χ1) is 13.0. The van der Waals surface area contributed by atoms with Gasteiger partial charge in [0.05, 0.1) is 6.26 Å². The van der Waals surface area contributed by atoms with Crippen LogP contribution in [0.15, 0.2) is 47.1 Å². The van der Waals surface area contributed by atoms with E-state index in [1.54, 1.807) is 29.2 Å². The van der Waals surface area contributed by atoms with E-state index < -0.39 is 0 Å². The number of carbonyl (C=O) groups is 2. The molecule has 1 aliphatic rings. The van der Waals surface area contributed by atoms with Crippen molar-refractivity contribution in [1.82, 2.24) is 9.80 Å². The van der Waals surface area contributed by atoms with Gasteiger partial charge in [0.2, 0.25) is 5.91 Å². The SMILES string of the molecule is CC(C)C(CC(=O)N1CCN(C(=O)c2ccco2)CC1)c1ccc(F)cc1. The fraction of sp³-hybridized carbons (Fsp3) is 0.429. The summed E-state index contributed by atoms with van der Waals surface area (Å²) in [5.74, 6) is 0.291. The van der Waals surface area contributed by atoms with Crippen LogP contribution in [-0.2, 0) is 4.79 Å². The third-order valence-corrected chi connectivity index (χ3v) is 5.15. The zero-order valence-electron chi connectivity index (χ0n) is 15.7. The number of rotatable bonds is 5. The minimum absolute atomic E-state index is 0.0425. The molecular weight excluding hydrogens is 347 g/mol. The number of nitrogens with zero attached hydrogens (tertiary/aromatic N) is 2. The summed E-state index contributed by atoms with van der Waals surface area (Å²) >= 11 is 0. The van der Waals surface area contributed by atoms with Gasteiger partial charge in [-0.15, -0.1) is 0 Å². The highest BCUT2D eigenvalue weighted by atomic mass is 19.1. The topological polar surface area (TPSA) is 53.8 Å². The zero-order chi connectivity index (χ0) is 19.4. The average molecular weight is 372 g/mol. The Kier molecular flexibility index (Phi) is 5.94. The average Bonchev–Trinajstić information content (AvgIpc) is 3.21. The van der Waals surface area contributed by atoms with E-state index in [2.05, 4.69) is 13.8 Å². The summed E-state index contributed by atoms with van der Waals surface area (Å²) in [6.45, 7) is 6.16. The van der Waals surface area contributed by atoms with Crippen molar-refractivity contribution in [2.24, 2.45) is 5.92 Å². The molecule has 5 nitrogen and oxygen atoms in total. The number of carbonyl (C=O) groups excluding carboxylic acids is 2. The number of furan rings is 1. The Labute approximate surface area is 158 Å². The van der Waals surface area contributed by atoms with E-state index in [0.717, 1.165) is 5.56 Å². The lowest BCUT2D eigenvalue weighted by Crippen LogP contribution is -2.50. The fourth-order valence-electron chi connectivity index (χ4n) is 3.48. The summed E-state index contributed by atoms with van der Waals surface area (Å²) in [6, 6.07) is 9.73. The smallest absolute Gasteiger partial charge is 0.289 e. The molecule has 1 fully saturated rings. The minimum Gasteiger partial charge on any atom is -0.459 e. The second-order valence-corrected chi connectivity index (χ2v) is 7.26. The van der Waals surface area contributed by atoms with E-state index in [4.69, 9.17) is 4.42 Å². The summed E-state index contributed by atoms with van der Waals surface area (Å²) in [7, 11) is 0. The van der Waals surface area contributed by atoms with Crippen molar-refractivity contribution in [2.75, 3.05) is 26.2 Å². The third-order valence-electron chi connectivity index (χ3n) is 5.15. The van der Waals surface area contributed by atoms with E-state index in [9.17, 15) is 14.0 Å². The maximum Gasteiger partial charge on any atom is 0.289 e. The summed E-state index contributed by atoms with van der Waals surface area (Å²) in [5.41, 5.74) is 0.978. The molecule has 2 aromatic rings. The Morgan fingerprint density at radius 2 is 1.67 bits per heavy atom. The monoisotopic (exact) mass is 372 g/mol. The van der Waals surface area contributed by atoms with Crippen LogP contribution in [0.3, 0.4) is 0 Å². The van der Waals surface area contributed by atoms with Gasteiger partial charge in [-0.2, -0.15) is 0 Å². The third kappa shape index (κ3) is 4.56. The summed E-state index contributed by atoms with van der Waals surface area (Å²) < 4.78 is 18.4. The standard InChI is InChI=1S/C21H25FN2O3/c1-15(2)18(16-5-7-17(22)8-6-16)14-20(25)23-9-11-24(12-10-23)21(26)19-4-3-13-27-19/h3-8,13,15,18H,9-12,14H2,1-2H3. The van der Waals surface area contributed by atoms with Gasteiger partial charge >= 0.3 is 0 Å². The lowest BCUT2D eigenvalue weighted by atomic mass is 9.85. The van der Waals surface area contributed by atoms with Crippen LogP contribution in [0.5, 0.6) is 0 Å². The normalized spacial score (nSPS) is 15.9. The molecule has 0 aliphatic carbocycles. The first-order valence-corrected chi connectivity index (χ1v) is 9.31. The molecular formula is C21H25FN2O3. The molecule has 27 heavy (non-hydrogen) atoms. The lowest BCUT2D eigenvalue weighted by molar-refractivity contribution is -0.133. The van der Waals surface area contributed by atoms with Crippen molar-refractivity contribution in [2.45, 2.75) is 26.2 Å². The molecule has 1 saturated heterocycles. The molecule has 0 radical (unpaired) electrons. The number of hydrogen-bond acceptors (Lipinski definition) is 3. The maximum atomic E-state index is 13.2. The van der Waals surface area contributed by atoms with E-state index >= 15 is 0 Å². The van der Waals surface area contributed by atoms with E-state index in [0.29, 0.717) is 38.4 Å². The summed E-state index contributed by atoms with van der Waals surface area (Å²) in [5, 5.41) is 0. The molecule has 0 bridgehead atoms. The molecule has 2 heterocycles. The molecule has 3 rings (SSSR count). The van der Waals surface area contributed by atoms with Crippen molar-refractivity contribution < 1.29 is 18.4 Å². The van der Waals surface area contributed by atoms with Crippen molar-refractivity contribution in [3.05, 3.63) is 59.8 Å². The molecule has 6 heteroatoms. The molecule has 0 spiro atoms. The highest BCUT2D eigenvalue weighted by molar-refractivity contribution is 5.91. The Bertz CT molecular complexity index is 763. The van der Waals surface area contributed by atoms with E-state index in [1.807, 2.05) is 4.90 Å². The zero-order valence-corrected chi connectivity index (χ0v) is 15.7. The number of amides is 2. The highest BCUT2D eigenvalue weighted by Gasteiger charge is 2.28. The van der Waals surface area contributed by atoms with E-state index in [1.165, 1.54) is 18.4 Å². The van der Waals surface area contributed by atoms with Crippen molar-refractivity contribution in [3.63, 3.8) is 0 Å². The van der Waals surface area contributed by atoms with Gasteiger partial charge in [-0.25, -0.2) is 4.39 Å². The van der Waals surface area contributed by atoms with Gasteiger partial charge in [-0.1, -0.05) is 26.0 Å². The van der Waals surface area contributed by atoms with Gasteiger partial charge in [0.1, 0.15) is 5.82 Å². The first kappa shape index (κ1) is 19.1. The summed E-state index contributed by atoms with van der Waals surface area (Å²) in [6.07, 6.45) is 1.87. The van der Waals surface area contributed by atoms with Gasteiger partial charge in [0, 0.05) is 32.6 Å². The van der Waals surface area contributed by atoms with Gasteiger partial charge in [0.15, 0.2) is 5.76 Å². The van der Waals surface area contributed by atoms with Crippen LogP contribution in [-0.4, -0.2) is 47.8 Å². The van der Waals surface area contributed by atoms with Gasteiger partial charge in [-0.3, -0.25) is 9.59 Å². The van der Waals surface area contributed by atoms with Crippen LogP contribution in [0.25, 0.3) is 0 Å². The van der Waals surface area contributed by atoms with Crippen LogP contribution in [0.1, 0.15) is 42.3 Å². The van der Waals surface area contributed by atoms with Crippen LogP contribution in [0.4, 0.5) is 4.39 Å². The molecule has 1 atom stereocenters. The van der Waals surface area contributed by atoms with Crippen LogP contribution in [0.2, 0.25) is 0 Å². The number of benzene rings is 1. The molecule has 1 aromatic heterocycles. The Hall–Kier alpha value is -2.63. The first-order valence-electron chi connectivity index (χ1n) is 9.31. The molecule has 144 valence electrons. The van der Waals surface area contributed by atoms with Crippen molar-refractivity contribution in [1.29, 1.82) is 0 Å². The molecule has 1 aliphatic heterocycles. The fourth-order valence-corrected chi connectivity index (χ4v) is 3.48. The second-order valence-electron chi connectivity index (χ2n) is 7.26. The predicted molar refractivity (Wildman–Crippen MR) is 99.8 cm³/mol. The van der Waals surface area contributed by atoms with Crippen LogP contribution in [0, 0.1) is 11.7 Å². The predicted octanol–water partition coefficient (Wildman–Crippen LogP) is 3.53. The van der Waals surface area contributed by atoms with Crippen LogP contribution >= 0.6 is 0 Å². The quantitative estimate of drug-likeness (QED) is 0.807. The van der Waals surface area contributed by atoms with Gasteiger partial charge in [0.25, 0.3) is 5.91 Å². The van der Waals surface area contributed by atoms with Crippen molar-refractivity contribution >= 4 is 11.8 Å². The Balaban J connectivity index is 1.58. The maximum absolute atomic E-state index is 13.2. The molecule has 2 amide bonds. The van der Waals surface area contributed by atoms with Crippen molar-refractivity contribution in [3.8, 4) is 0 Å². The number of piperazine rings is 1. The largest absolute Gasteiger partial charge is 0.459 e. The molecule has 0 saturated carbocycles. The molecule has 1 aromatic carbocycles. The lowest BCUT2D eigenvalue weighted by Gasteiger charge is -2.35. The second kappa shape index (κ2) is 8.37. The Morgan fingerprint density at radius 1 is 1.04 bits per heavy atom. The summed E-state index contributed by atoms with van der Waals surface area (Å²) in [4.78, 5) is 28.6. The number of halogens is 1.